The zero-order valence-corrected chi connectivity index (χ0v) is 21.2. The number of fused-ring (bicyclic) bond motifs is 3. The predicted molar refractivity (Wildman–Crippen MR) is 145 cm³/mol. The number of carbonyl (C=O) groups excluding carboxylic acids is 2. The van der Waals surface area contributed by atoms with Gasteiger partial charge < -0.3 is 24.7 Å². The van der Waals surface area contributed by atoms with Crippen LogP contribution in [-0.2, 0) is 0 Å². The second kappa shape index (κ2) is 8.94. The maximum absolute atomic E-state index is 14.1. The summed E-state index contributed by atoms with van der Waals surface area (Å²) < 4.78 is 11.4. The van der Waals surface area contributed by atoms with Crippen LogP contribution in [0.3, 0.4) is 0 Å². The molecule has 192 valence electrons. The zero-order valence-electron chi connectivity index (χ0n) is 21.2. The smallest absolute Gasteiger partial charge is 0.255 e. The summed E-state index contributed by atoms with van der Waals surface area (Å²) in [4.78, 5) is 32.4. The van der Waals surface area contributed by atoms with Crippen molar-refractivity contribution in [3.63, 3.8) is 0 Å². The summed E-state index contributed by atoms with van der Waals surface area (Å²) in [6.07, 6.45) is 3.03. The van der Waals surface area contributed by atoms with Gasteiger partial charge in [-0.1, -0.05) is 24.3 Å². The lowest BCUT2D eigenvalue weighted by Gasteiger charge is -2.29. The van der Waals surface area contributed by atoms with Gasteiger partial charge in [0.15, 0.2) is 11.5 Å². The molecule has 7 heteroatoms. The van der Waals surface area contributed by atoms with E-state index in [9.17, 15) is 9.59 Å². The molecule has 0 unspecified atom stereocenters. The van der Waals surface area contributed by atoms with Crippen LogP contribution < -0.4 is 14.8 Å². The van der Waals surface area contributed by atoms with Gasteiger partial charge in [0, 0.05) is 30.4 Å². The molecule has 0 radical (unpaired) electrons. The molecule has 1 saturated heterocycles. The molecule has 3 heterocycles. The van der Waals surface area contributed by atoms with E-state index < -0.39 is 0 Å². The number of H-pyrrole nitrogens is 1. The van der Waals surface area contributed by atoms with Crippen LogP contribution >= 0.6 is 0 Å². The number of nitrogens with zero attached hydrogens (tertiary/aromatic N) is 1. The Balaban J connectivity index is 1.14. The number of piperidine rings is 1. The molecule has 4 aromatic rings. The van der Waals surface area contributed by atoms with E-state index >= 15 is 0 Å². The lowest BCUT2D eigenvalue weighted by Crippen LogP contribution is -2.45. The number of nitrogens with one attached hydrogen (secondary N) is 2. The number of benzene rings is 3. The number of para-hydroxylation sites is 1. The van der Waals surface area contributed by atoms with Crippen molar-refractivity contribution in [1.82, 2.24) is 15.2 Å². The van der Waals surface area contributed by atoms with Gasteiger partial charge in [0.25, 0.3) is 11.8 Å². The Hall–Kier alpha value is -4.26. The highest BCUT2D eigenvalue weighted by atomic mass is 16.6. The fourth-order valence-corrected chi connectivity index (χ4v) is 6.20. The van der Waals surface area contributed by atoms with Crippen LogP contribution in [0.1, 0.15) is 32.7 Å². The van der Waals surface area contributed by atoms with Gasteiger partial charge in [-0.2, -0.15) is 0 Å². The van der Waals surface area contributed by atoms with E-state index in [1.54, 1.807) is 12.1 Å². The average molecular weight is 508 g/mol. The average Bonchev–Trinajstić information content (AvgIpc) is 3.38. The van der Waals surface area contributed by atoms with Gasteiger partial charge in [0.05, 0.1) is 11.6 Å². The summed E-state index contributed by atoms with van der Waals surface area (Å²) in [6, 6.07) is 19.6. The van der Waals surface area contributed by atoms with Crippen molar-refractivity contribution < 1.29 is 19.1 Å². The summed E-state index contributed by atoms with van der Waals surface area (Å²) in [5, 5.41) is 4.20. The summed E-state index contributed by atoms with van der Waals surface area (Å²) in [6.45, 7) is 4.08. The van der Waals surface area contributed by atoms with Crippen molar-refractivity contribution >= 4 is 22.7 Å². The molecule has 1 aromatic heterocycles. The van der Waals surface area contributed by atoms with Crippen LogP contribution in [0.4, 0.5) is 0 Å². The van der Waals surface area contributed by atoms with Crippen molar-refractivity contribution in [2.75, 3.05) is 26.3 Å². The number of aromatic amines is 1. The molecule has 0 spiro atoms. The van der Waals surface area contributed by atoms with Gasteiger partial charge in [0.2, 0.25) is 0 Å². The first-order valence-electron chi connectivity index (χ1n) is 13.2. The van der Waals surface area contributed by atoms with Crippen LogP contribution in [0.25, 0.3) is 22.0 Å². The van der Waals surface area contributed by atoms with Crippen molar-refractivity contribution in [2.24, 2.45) is 11.8 Å². The summed E-state index contributed by atoms with van der Waals surface area (Å²) in [5.74, 6) is 1.83. The van der Waals surface area contributed by atoms with Crippen molar-refractivity contribution in [2.45, 2.75) is 19.4 Å². The number of aromatic nitrogens is 1. The molecule has 7 rings (SSSR count). The Bertz CT molecular complexity index is 1570. The maximum atomic E-state index is 14.1. The Morgan fingerprint density at radius 1 is 1.03 bits per heavy atom. The molecule has 2 N–H and O–H groups in total. The number of rotatable bonds is 5. The van der Waals surface area contributed by atoms with Gasteiger partial charge in [-0.3, -0.25) is 9.59 Å². The second-order valence-electron chi connectivity index (χ2n) is 10.5. The van der Waals surface area contributed by atoms with Crippen LogP contribution in [0.15, 0.2) is 66.9 Å². The number of hydrogen-bond acceptors (Lipinski definition) is 4. The molecule has 38 heavy (non-hydrogen) atoms. The Kier molecular flexibility index (Phi) is 5.39. The van der Waals surface area contributed by atoms with E-state index in [0.29, 0.717) is 54.2 Å². The molecular weight excluding hydrogens is 478 g/mol. The van der Waals surface area contributed by atoms with Gasteiger partial charge in [-0.05, 0) is 83.7 Å². The van der Waals surface area contributed by atoms with E-state index in [-0.39, 0.29) is 17.9 Å². The molecule has 3 atom stereocenters. The highest BCUT2D eigenvalue weighted by molar-refractivity contribution is 6.03. The molecule has 2 amide bonds. The Labute approximate surface area is 220 Å². The van der Waals surface area contributed by atoms with E-state index in [1.807, 2.05) is 35.4 Å². The first-order chi connectivity index (χ1) is 18.6. The molecule has 1 aliphatic carbocycles. The lowest BCUT2D eigenvalue weighted by molar-refractivity contribution is 0.0695. The number of likely N-dealkylation sites (tertiary alicyclic amines) is 1. The van der Waals surface area contributed by atoms with Crippen LogP contribution in [-0.4, -0.2) is 54.0 Å². The van der Waals surface area contributed by atoms with Crippen molar-refractivity contribution in [3.8, 4) is 22.6 Å². The summed E-state index contributed by atoms with van der Waals surface area (Å²) in [5.41, 5.74) is 5.31. The van der Waals surface area contributed by atoms with Gasteiger partial charge in [-0.15, -0.1) is 0 Å². The van der Waals surface area contributed by atoms with Crippen LogP contribution in [0.2, 0.25) is 0 Å². The first kappa shape index (κ1) is 22.9. The number of aryl methyl sites for hydroxylation is 1. The Morgan fingerprint density at radius 3 is 2.79 bits per heavy atom. The molecule has 2 fully saturated rings. The van der Waals surface area contributed by atoms with E-state index in [0.717, 1.165) is 40.6 Å². The molecule has 2 aliphatic heterocycles. The third-order valence-electron chi connectivity index (χ3n) is 8.19. The normalized spacial score (nSPS) is 21.3. The van der Waals surface area contributed by atoms with Crippen molar-refractivity contribution in [1.29, 1.82) is 0 Å². The van der Waals surface area contributed by atoms with Crippen LogP contribution in [0, 0.1) is 18.8 Å². The van der Waals surface area contributed by atoms with E-state index in [4.69, 9.17) is 9.47 Å². The number of hydrogen-bond donors (Lipinski definition) is 2. The lowest BCUT2D eigenvalue weighted by atomic mass is 9.93. The third-order valence-corrected chi connectivity index (χ3v) is 8.19. The molecule has 3 aromatic carbocycles. The maximum Gasteiger partial charge on any atom is 0.255 e. The third kappa shape index (κ3) is 3.81. The minimum atomic E-state index is -0.208. The molecule has 7 nitrogen and oxygen atoms in total. The fraction of sp³-hybridized carbons (Fsp3) is 0.290. The number of amides is 2. The van der Waals surface area contributed by atoms with E-state index in [1.165, 1.54) is 0 Å². The molecule has 0 bridgehead atoms. The van der Waals surface area contributed by atoms with Crippen LogP contribution in [0.5, 0.6) is 11.5 Å². The summed E-state index contributed by atoms with van der Waals surface area (Å²) >= 11 is 0. The standard InChI is InChI=1S/C31H29N3O4/c1-18-4-2-5-22(28(18)20-8-9-25-19(14-20)10-11-32-25)31(36)34-17-21-15-24(21)26(34)16-33-30(35)23-6-3-7-27-29(23)38-13-12-37-27/h2-11,14,21,24,26,32H,12-13,15-17H2,1H3,(H,33,35)/t21-,24-,26-/m1/s1. The largest absolute Gasteiger partial charge is 0.486 e. The number of ether oxygens (including phenoxy) is 2. The highest BCUT2D eigenvalue weighted by Gasteiger charge is 2.54. The van der Waals surface area contributed by atoms with Gasteiger partial charge in [-0.25, -0.2) is 0 Å². The monoisotopic (exact) mass is 507 g/mol. The SMILES string of the molecule is Cc1cccc(C(=O)N2C[C@H]3C[C@H]3[C@H]2CNC(=O)c2cccc3c2OCCO3)c1-c1ccc2[nH]ccc2c1. The van der Waals surface area contributed by atoms with Gasteiger partial charge in [0.1, 0.15) is 13.2 Å². The second-order valence-corrected chi connectivity index (χ2v) is 10.5. The topological polar surface area (TPSA) is 83.7 Å². The Morgan fingerprint density at radius 2 is 1.87 bits per heavy atom. The molecule has 1 saturated carbocycles. The minimum absolute atomic E-state index is 0.0261. The number of carbonyl (C=O) groups is 2. The minimum Gasteiger partial charge on any atom is -0.486 e. The molecular formula is C31H29N3O4. The predicted octanol–water partition coefficient (Wildman–Crippen LogP) is 4.81. The molecule has 3 aliphatic rings. The first-order valence-corrected chi connectivity index (χ1v) is 13.2. The van der Waals surface area contributed by atoms with E-state index in [2.05, 4.69) is 41.5 Å². The van der Waals surface area contributed by atoms with Gasteiger partial charge >= 0.3 is 0 Å². The highest BCUT2D eigenvalue weighted by Crippen LogP contribution is 2.50. The van der Waals surface area contributed by atoms with Crippen molar-refractivity contribution in [3.05, 3.63) is 83.6 Å². The fourth-order valence-electron chi connectivity index (χ4n) is 6.20. The summed E-state index contributed by atoms with van der Waals surface area (Å²) in [7, 11) is 0. The quantitative estimate of drug-likeness (QED) is 0.406. The zero-order chi connectivity index (χ0) is 25.8.